The second-order valence-electron chi connectivity index (χ2n) is 9.37. The van der Waals surface area contributed by atoms with Gasteiger partial charge in [-0.2, -0.15) is 0 Å². The van der Waals surface area contributed by atoms with Gasteiger partial charge < -0.3 is 4.74 Å². The van der Waals surface area contributed by atoms with Crippen molar-refractivity contribution in [2.45, 2.75) is 65.9 Å². The largest absolute Gasteiger partial charge is 0.444 e. The van der Waals surface area contributed by atoms with Crippen LogP contribution in [0.3, 0.4) is 0 Å². The van der Waals surface area contributed by atoms with Crippen LogP contribution in [0.15, 0.2) is 53.5 Å². The lowest BCUT2D eigenvalue weighted by molar-refractivity contribution is 0.0563. The molecule has 0 aliphatic carbocycles. The first-order chi connectivity index (χ1) is 13.4. The van der Waals surface area contributed by atoms with Crippen molar-refractivity contribution < 1.29 is 9.53 Å². The summed E-state index contributed by atoms with van der Waals surface area (Å²) in [5, 5.41) is 2.67. The van der Waals surface area contributed by atoms with Crippen molar-refractivity contribution in [1.82, 2.24) is 5.32 Å². The Bertz CT molecular complexity index is 854. The van der Waals surface area contributed by atoms with Gasteiger partial charge in [-0.15, -0.1) is 0 Å². The summed E-state index contributed by atoms with van der Waals surface area (Å²) in [7, 11) is 0. The van der Waals surface area contributed by atoms with E-state index < -0.39 is 11.7 Å². The molecule has 0 atom stereocenters. The topological polar surface area (TPSA) is 50.7 Å². The fourth-order valence-corrected chi connectivity index (χ4v) is 2.91. The number of carbonyl (C=O) groups is 1. The van der Waals surface area contributed by atoms with E-state index in [1.54, 1.807) is 6.92 Å². The zero-order valence-corrected chi connectivity index (χ0v) is 18.8. The number of hydrogen-bond donors (Lipinski definition) is 1. The van der Waals surface area contributed by atoms with Crippen LogP contribution in [0.25, 0.3) is 11.1 Å². The van der Waals surface area contributed by atoms with Crippen LogP contribution in [0.1, 0.15) is 59.6 Å². The summed E-state index contributed by atoms with van der Waals surface area (Å²) in [4.78, 5) is 16.2. The van der Waals surface area contributed by atoms with Crippen molar-refractivity contribution in [3.63, 3.8) is 0 Å². The maximum absolute atomic E-state index is 11.8. The summed E-state index contributed by atoms with van der Waals surface area (Å²) in [5.41, 5.74) is 4.61. The fraction of sp³-hybridized carbons (Fsp3) is 0.440. The second kappa shape index (κ2) is 9.25. The smallest absolute Gasteiger partial charge is 0.413 e. The van der Waals surface area contributed by atoms with Crippen LogP contribution in [0.5, 0.6) is 0 Å². The van der Waals surface area contributed by atoms with Gasteiger partial charge in [0, 0.05) is 6.54 Å². The Morgan fingerprint density at radius 2 is 1.62 bits per heavy atom. The zero-order chi connectivity index (χ0) is 21.7. The molecule has 2 aromatic carbocycles. The molecule has 156 valence electrons. The minimum atomic E-state index is -0.518. The van der Waals surface area contributed by atoms with Gasteiger partial charge in [-0.1, -0.05) is 69.3 Å². The molecule has 2 rings (SSSR count). The van der Waals surface area contributed by atoms with E-state index in [1.165, 1.54) is 22.3 Å². The maximum atomic E-state index is 11.8. The van der Waals surface area contributed by atoms with Gasteiger partial charge in [-0.3, -0.25) is 10.3 Å². The van der Waals surface area contributed by atoms with Crippen molar-refractivity contribution in [2.75, 3.05) is 6.54 Å². The maximum Gasteiger partial charge on any atom is 0.413 e. The monoisotopic (exact) mass is 394 g/mol. The highest BCUT2D eigenvalue weighted by Crippen LogP contribution is 2.26. The van der Waals surface area contributed by atoms with Gasteiger partial charge in [0.05, 0.1) is 0 Å². The third-order valence-corrected chi connectivity index (χ3v) is 4.44. The predicted octanol–water partition coefficient (Wildman–Crippen LogP) is 6.14. The van der Waals surface area contributed by atoms with Crippen molar-refractivity contribution in [3.05, 3.63) is 59.7 Å². The van der Waals surface area contributed by atoms with Gasteiger partial charge in [0.25, 0.3) is 0 Å². The number of alkyl carbamates (subject to hydrolysis) is 1. The van der Waals surface area contributed by atoms with E-state index in [4.69, 9.17) is 4.74 Å². The van der Waals surface area contributed by atoms with E-state index in [1.807, 2.05) is 20.8 Å². The third kappa shape index (κ3) is 7.72. The lowest BCUT2D eigenvalue weighted by atomic mass is 9.86. The van der Waals surface area contributed by atoms with Gasteiger partial charge >= 0.3 is 6.09 Å². The van der Waals surface area contributed by atoms with Crippen molar-refractivity contribution in [3.8, 4) is 11.1 Å². The van der Waals surface area contributed by atoms with Gasteiger partial charge in [0.2, 0.25) is 0 Å². The predicted molar refractivity (Wildman–Crippen MR) is 122 cm³/mol. The second-order valence-corrected chi connectivity index (χ2v) is 9.37. The van der Waals surface area contributed by atoms with Gasteiger partial charge in [0.15, 0.2) is 0 Å². The molecule has 0 fully saturated rings. The standard InChI is InChI=1S/C25H34N2O2/c1-18(27-23(28)29-25(5,6)7)26-16-15-19-9-8-10-21(17-19)20-11-13-22(14-12-20)24(2,3)4/h8-14,17H,15-16H2,1-7H3,(H,26,27,28). The van der Waals surface area contributed by atoms with Crippen LogP contribution in [0, 0.1) is 0 Å². The molecule has 0 spiro atoms. The van der Waals surface area contributed by atoms with E-state index in [-0.39, 0.29) is 5.41 Å². The normalized spacial score (nSPS) is 12.6. The van der Waals surface area contributed by atoms with Crippen LogP contribution in [-0.4, -0.2) is 24.1 Å². The molecule has 0 unspecified atom stereocenters. The average Bonchev–Trinajstić information content (AvgIpc) is 2.59. The average molecular weight is 395 g/mol. The van der Waals surface area contributed by atoms with Crippen molar-refractivity contribution in [1.29, 1.82) is 0 Å². The Hall–Kier alpha value is -2.62. The molecular weight excluding hydrogens is 360 g/mol. The molecule has 4 nitrogen and oxygen atoms in total. The lowest BCUT2D eigenvalue weighted by Gasteiger charge is -2.19. The minimum absolute atomic E-state index is 0.156. The van der Waals surface area contributed by atoms with Crippen LogP contribution in [-0.2, 0) is 16.6 Å². The number of amides is 1. The molecule has 0 aliphatic heterocycles. The number of nitrogens with zero attached hydrogens (tertiary/aromatic N) is 1. The van der Waals surface area contributed by atoms with Crippen molar-refractivity contribution in [2.24, 2.45) is 4.99 Å². The summed E-state index contributed by atoms with van der Waals surface area (Å²) < 4.78 is 5.24. The van der Waals surface area contributed by atoms with Gasteiger partial charge in [-0.05, 0) is 61.8 Å². The first-order valence-corrected chi connectivity index (χ1v) is 10.1. The molecule has 0 saturated carbocycles. The van der Waals surface area contributed by atoms with E-state index in [9.17, 15) is 4.79 Å². The Morgan fingerprint density at radius 3 is 2.21 bits per heavy atom. The summed E-state index contributed by atoms with van der Waals surface area (Å²) in [5.74, 6) is 0.563. The molecule has 0 aromatic heterocycles. The van der Waals surface area contributed by atoms with Crippen LogP contribution < -0.4 is 5.32 Å². The highest BCUT2D eigenvalue weighted by Gasteiger charge is 2.16. The minimum Gasteiger partial charge on any atom is -0.444 e. The molecule has 0 radical (unpaired) electrons. The number of hydrogen-bond acceptors (Lipinski definition) is 3. The first kappa shape index (κ1) is 22.7. The zero-order valence-electron chi connectivity index (χ0n) is 18.8. The number of ether oxygens (including phenoxy) is 1. The van der Waals surface area contributed by atoms with Crippen LogP contribution in [0.4, 0.5) is 4.79 Å². The Balaban J connectivity index is 1.97. The summed E-state index contributed by atoms with van der Waals surface area (Å²) in [6.07, 6.45) is 0.334. The van der Waals surface area contributed by atoms with E-state index in [2.05, 4.69) is 79.6 Å². The molecule has 0 heterocycles. The van der Waals surface area contributed by atoms with E-state index in [0.29, 0.717) is 12.4 Å². The Kier molecular flexibility index (Phi) is 7.23. The molecule has 0 aliphatic rings. The van der Waals surface area contributed by atoms with E-state index in [0.717, 1.165) is 6.42 Å². The Labute approximate surface area is 175 Å². The molecule has 29 heavy (non-hydrogen) atoms. The van der Waals surface area contributed by atoms with E-state index >= 15 is 0 Å². The number of rotatable bonds is 4. The highest BCUT2D eigenvalue weighted by molar-refractivity contribution is 5.93. The molecule has 0 bridgehead atoms. The Morgan fingerprint density at radius 1 is 0.966 bits per heavy atom. The van der Waals surface area contributed by atoms with Gasteiger partial charge in [0.1, 0.15) is 11.4 Å². The quantitative estimate of drug-likeness (QED) is 0.500. The first-order valence-electron chi connectivity index (χ1n) is 10.1. The SMILES string of the molecule is C/C(=N\CCc1cccc(-c2ccc(C(C)(C)C)cc2)c1)NC(=O)OC(C)(C)C. The van der Waals surface area contributed by atoms with Crippen LogP contribution >= 0.6 is 0 Å². The number of aliphatic imine (C=N–C) groups is 1. The lowest BCUT2D eigenvalue weighted by Crippen LogP contribution is -2.35. The molecule has 1 N–H and O–H groups in total. The summed E-state index contributed by atoms with van der Waals surface area (Å²) in [6.45, 7) is 14.6. The molecule has 1 amide bonds. The molecule has 2 aromatic rings. The third-order valence-electron chi connectivity index (χ3n) is 4.44. The number of carbonyl (C=O) groups excluding carboxylic acids is 1. The summed E-state index contributed by atoms with van der Waals surface area (Å²) in [6, 6.07) is 17.3. The fourth-order valence-electron chi connectivity index (χ4n) is 2.91. The number of amidine groups is 1. The number of benzene rings is 2. The molecular formula is C25H34N2O2. The van der Waals surface area contributed by atoms with Crippen molar-refractivity contribution >= 4 is 11.9 Å². The number of nitrogens with one attached hydrogen (secondary N) is 1. The van der Waals surface area contributed by atoms with Crippen LogP contribution in [0.2, 0.25) is 0 Å². The highest BCUT2D eigenvalue weighted by atomic mass is 16.6. The molecule has 4 heteroatoms. The summed E-state index contributed by atoms with van der Waals surface area (Å²) >= 11 is 0. The molecule has 0 saturated heterocycles. The van der Waals surface area contributed by atoms with Gasteiger partial charge in [-0.25, -0.2) is 4.79 Å².